The van der Waals surface area contributed by atoms with Gasteiger partial charge in [-0.15, -0.1) is 13.2 Å². The highest BCUT2D eigenvalue weighted by Gasteiger charge is 2.31. The molecular formula is C26H30F3N3O3. The van der Waals surface area contributed by atoms with E-state index in [0.29, 0.717) is 29.9 Å². The number of carbonyl (C=O) groups excluding carboxylic acids is 1. The predicted octanol–water partition coefficient (Wildman–Crippen LogP) is 6.78. The number of nitrogens with one attached hydrogen (secondary N) is 1. The minimum absolute atomic E-state index is 0.245. The fourth-order valence-corrected chi connectivity index (χ4v) is 5.09. The molecule has 35 heavy (non-hydrogen) atoms. The lowest BCUT2D eigenvalue weighted by Crippen LogP contribution is -2.23. The number of benzene rings is 2. The summed E-state index contributed by atoms with van der Waals surface area (Å²) in [7, 11) is 1.37. The zero-order chi connectivity index (χ0) is 25.2. The number of alkyl halides is 3. The van der Waals surface area contributed by atoms with Gasteiger partial charge in [-0.05, 0) is 79.5 Å². The van der Waals surface area contributed by atoms with Gasteiger partial charge in [0.05, 0.1) is 18.1 Å². The zero-order valence-corrected chi connectivity index (χ0v) is 20.1. The van der Waals surface area contributed by atoms with Crippen LogP contribution in [0.15, 0.2) is 42.5 Å². The number of aryl methyl sites for hydroxylation is 1. The highest BCUT2D eigenvalue weighted by atomic mass is 19.4. The Hall–Kier alpha value is -3.23. The van der Waals surface area contributed by atoms with E-state index in [9.17, 15) is 18.0 Å². The molecule has 1 aliphatic rings. The molecule has 1 fully saturated rings. The molecule has 0 aliphatic heterocycles. The molecule has 1 N–H and O–H groups in total. The van der Waals surface area contributed by atoms with E-state index in [4.69, 9.17) is 9.72 Å². The van der Waals surface area contributed by atoms with Gasteiger partial charge in [-0.3, -0.25) is 4.79 Å². The Morgan fingerprint density at radius 3 is 2.40 bits per heavy atom. The average molecular weight is 490 g/mol. The van der Waals surface area contributed by atoms with E-state index < -0.39 is 6.36 Å². The van der Waals surface area contributed by atoms with Gasteiger partial charge in [0.1, 0.15) is 5.75 Å². The van der Waals surface area contributed by atoms with Crippen LogP contribution < -0.4 is 10.1 Å². The van der Waals surface area contributed by atoms with E-state index in [2.05, 4.69) is 28.5 Å². The molecule has 1 heterocycles. The van der Waals surface area contributed by atoms with Crippen LogP contribution in [0.3, 0.4) is 0 Å². The van der Waals surface area contributed by atoms with E-state index in [1.165, 1.54) is 25.7 Å². The number of imidazole rings is 1. The summed E-state index contributed by atoms with van der Waals surface area (Å²) < 4.78 is 48.4. The molecule has 0 amide bonds. The van der Waals surface area contributed by atoms with Crippen molar-refractivity contribution in [2.24, 2.45) is 11.8 Å². The Kier molecular flexibility index (Phi) is 7.23. The van der Waals surface area contributed by atoms with Gasteiger partial charge in [-0.2, -0.15) is 0 Å². The first-order valence-electron chi connectivity index (χ1n) is 11.8. The maximum absolute atomic E-state index is 12.5. The number of rotatable bonds is 7. The topological polar surface area (TPSA) is 65.4 Å². The van der Waals surface area contributed by atoms with Gasteiger partial charge in [0, 0.05) is 18.2 Å². The normalized spacial score (nSPS) is 20.6. The highest BCUT2D eigenvalue weighted by Crippen LogP contribution is 2.40. The second kappa shape index (κ2) is 10.2. The molecule has 0 bridgehead atoms. The third kappa shape index (κ3) is 6.26. The molecule has 6 nitrogen and oxygen atoms in total. The Morgan fingerprint density at radius 1 is 1.09 bits per heavy atom. The third-order valence-electron chi connectivity index (χ3n) is 6.46. The van der Waals surface area contributed by atoms with Crippen molar-refractivity contribution in [1.29, 1.82) is 0 Å². The molecule has 1 aromatic heterocycles. The first kappa shape index (κ1) is 24.9. The monoisotopic (exact) mass is 489 g/mol. The van der Waals surface area contributed by atoms with Crippen molar-refractivity contribution in [1.82, 2.24) is 9.55 Å². The van der Waals surface area contributed by atoms with Gasteiger partial charge in [0.25, 0.3) is 0 Å². The quantitative estimate of drug-likeness (QED) is 0.371. The summed E-state index contributed by atoms with van der Waals surface area (Å²) in [4.78, 5) is 16.4. The van der Waals surface area contributed by atoms with Crippen molar-refractivity contribution >= 4 is 28.6 Å². The number of hydrogen-bond acceptors (Lipinski definition) is 5. The first-order valence-corrected chi connectivity index (χ1v) is 11.8. The summed E-state index contributed by atoms with van der Waals surface area (Å²) in [5.74, 6) is 1.25. The lowest BCUT2D eigenvalue weighted by Gasteiger charge is -2.33. The number of halogens is 3. The second-order valence-electron chi connectivity index (χ2n) is 9.47. The fourth-order valence-electron chi connectivity index (χ4n) is 5.09. The van der Waals surface area contributed by atoms with E-state index in [1.54, 1.807) is 12.1 Å². The van der Waals surface area contributed by atoms with Crippen molar-refractivity contribution < 1.29 is 27.4 Å². The van der Waals surface area contributed by atoms with E-state index in [-0.39, 0.29) is 24.2 Å². The number of ether oxygens (including phenoxy) is 2. The molecule has 0 spiro atoms. The van der Waals surface area contributed by atoms with Gasteiger partial charge in [0.15, 0.2) is 0 Å². The molecule has 0 radical (unpaired) electrons. The predicted molar refractivity (Wildman–Crippen MR) is 128 cm³/mol. The fraction of sp³-hybridized carbons (Fsp3) is 0.462. The van der Waals surface area contributed by atoms with Gasteiger partial charge < -0.3 is 19.4 Å². The summed E-state index contributed by atoms with van der Waals surface area (Å²) in [6.45, 7) is 4.53. The van der Waals surface area contributed by atoms with Crippen molar-refractivity contribution in [3.8, 4) is 5.75 Å². The van der Waals surface area contributed by atoms with Crippen LogP contribution in [0.1, 0.15) is 51.1 Å². The SMILES string of the molecule is COC(=O)CCc1ccc2c(c1)nc(Nc1ccc(OC(F)(F)F)cc1)n2C1CC(C)CC(C)C1. The van der Waals surface area contributed by atoms with Crippen molar-refractivity contribution in [3.63, 3.8) is 0 Å². The number of nitrogens with zero attached hydrogens (tertiary/aromatic N) is 2. The zero-order valence-electron chi connectivity index (χ0n) is 20.1. The van der Waals surface area contributed by atoms with Crippen LogP contribution in [-0.2, 0) is 16.0 Å². The highest BCUT2D eigenvalue weighted by molar-refractivity contribution is 5.81. The van der Waals surface area contributed by atoms with Crippen LogP contribution in [0.4, 0.5) is 24.8 Å². The Labute approximate surface area is 202 Å². The van der Waals surface area contributed by atoms with Crippen molar-refractivity contribution in [2.45, 2.75) is 58.4 Å². The smallest absolute Gasteiger partial charge is 0.469 e. The minimum Gasteiger partial charge on any atom is -0.469 e. The molecule has 2 unspecified atom stereocenters. The first-order chi connectivity index (χ1) is 16.6. The molecule has 9 heteroatoms. The van der Waals surface area contributed by atoms with Crippen LogP contribution in [0.2, 0.25) is 0 Å². The number of carbonyl (C=O) groups is 1. The molecule has 0 saturated heterocycles. The summed E-state index contributed by atoms with van der Waals surface area (Å²) in [5.41, 5.74) is 3.38. The van der Waals surface area contributed by atoms with Crippen molar-refractivity contribution in [3.05, 3.63) is 48.0 Å². The van der Waals surface area contributed by atoms with Crippen LogP contribution in [0, 0.1) is 11.8 Å². The van der Waals surface area contributed by atoms with Gasteiger partial charge in [0.2, 0.25) is 5.95 Å². The van der Waals surface area contributed by atoms with Crippen LogP contribution in [0.5, 0.6) is 5.75 Å². The van der Waals surface area contributed by atoms with Crippen LogP contribution in [0.25, 0.3) is 11.0 Å². The summed E-state index contributed by atoms with van der Waals surface area (Å²) in [6, 6.07) is 11.9. The average Bonchev–Trinajstić information content (AvgIpc) is 3.14. The summed E-state index contributed by atoms with van der Waals surface area (Å²) >= 11 is 0. The largest absolute Gasteiger partial charge is 0.573 e. The number of anilines is 2. The molecule has 1 saturated carbocycles. The number of methoxy groups -OCH3 is 1. The van der Waals surface area contributed by atoms with E-state index in [1.807, 2.05) is 18.2 Å². The Morgan fingerprint density at radius 2 is 1.77 bits per heavy atom. The summed E-state index contributed by atoms with van der Waals surface area (Å²) in [6.07, 6.45) is -0.665. The number of fused-ring (bicyclic) bond motifs is 1. The number of hydrogen-bond donors (Lipinski definition) is 1. The van der Waals surface area contributed by atoms with Gasteiger partial charge >= 0.3 is 12.3 Å². The summed E-state index contributed by atoms with van der Waals surface area (Å²) in [5, 5.41) is 3.30. The second-order valence-corrected chi connectivity index (χ2v) is 9.47. The minimum atomic E-state index is -4.73. The van der Waals surface area contributed by atoms with Gasteiger partial charge in [-0.1, -0.05) is 19.9 Å². The van der Waals surface area contributed by atoms with Gasteiger partial charge in [-0.25, -0.2) is 4.98 Å². The molecule has 188 valence electrons. The third-order valence-corrected chi connectivity index (χ3v) is 6.46. The molecule has 4 rings (SSSR count). The number of aromatic nitrogens is 2. The maximum atomic E-state index is 12.5. The Bertz CT molecular complexity index is 1160. The molecular weight excluding hydrogens is 459 g/mol. The van der Waals surface area contributed by atoms with E-state index >= 15 is 0 Å². The number of esters is 1. The molecule has 1 aliphatic carbocycles. The standard InChI is InChI=1S/C26H30F3N3O3/c1-16-12-17(2)14-20(13-16)32-23-10-4-18(5-11-24(33)34-3)15-22(23)31-25(32)30-19-6-8-21(9-7-19)35-26(27,28)29/h4,6-10,15-17,20H,5,11-14H2,1-3H3,(H,30,31). The van der Waals surface area contributed by atoms with Crippen LogP contribution in [-0.4, -0.2) is 29.0 Å². The maximum Gasteiger partial charge on any atom is 0.573 e. The van der Waals surface area contributed by atoms with Crippen LogP contribution >= 0.6 is 0 Å². The Balaban J connectivity index is 1.66. The lowest BCUT2D eigenvalue weighted by atomic mass is 9.80. The molecule has 3 aromatic rings. The molecule has 2 aromatic carbocycles. The van der Waals surface area contributed by atoms with E-state index in [0.717, 1.165) is 29.4 Å². The lowest BCUT2D eigenvalue weighted by molar-refractivity contribution is -0.274. The van der Waals surface area contributed by atoms with Crippen molar-refractivity contribution in [2.75, 3.05) is 12.4 Å². The molecule has 2 atom stereocenters.